The van der Waals surface area contributed by atoms with Crippen LogP contribution in [0.4, 0.5) is 5.69 Å². The molecule has 4 nitrogen and oxygen atoms in total. The quantitative estimate of drug-likeness (QED) is 0.767. The highest BCUT2D eigenvalue weighted by molar-refractivity contribution is 5.55. The molecule has 2 aromatic carbocycles. The topological polar surface area (TPSA) is 24.9 Å². The molecular weight excluding hydrogens is 336 g/mol. The molecule has 0 spiro atoms. The third-order valence-corrected chi connectivity index (χ3v) is 5.62. The van der Waals surface area contributed by atoms with Crippen LogP contribution in [0.3, 0.4) is 0 Å². The lowest BCUT2D eigenvalue weighted by Crippen LogP contribution is -2.50. The standard InChI is InChI=1S/C23H32N2O2/c1-17-6-7-18(2)21(14-17)25-12-10-24(11-13-25)19(3)15-20-8-9-22(26-4)23(16-20)27-5/h6-9,14,16,19H,10-13,15H2,1-5H3/t19-/m0/s1. The summed E-state index contributed by atoms with van der Waals surface area (Å²) in [4.78, 5) is 5.13. The Morgan fingerprint density at radius 3 is 2.26 bits per heavy atom. The van der Waals surface area contributed by atoms with Gasteiger partial charge in [-0.15, -0.1) is 0 Å². The van der Waals surface area contributed by atoms with Crippen molar-refractivity contribution in [1.29, 1.82) is 0 Å². The van der Waals surface area contributed by atoms with Crippen LogP contribution in [0.5, 0.6) is 11.5 Å². The molecule has 0 amide bonds. The number of aryl methyl sites for hydroxylation is 2. The fourth-order valence-corrected chi connectivity index (χ4v) is 3.94. The van der Waals surface area contributed by atoms with Gasteiger partial charge in [-0.1, -0.05) is 18.2 Å². The van der Waals surface area contributed by atoms with Crippen LogP contribution in [0.15, 0.2) is 36.4 Å². The van der Waals surface area contributed by atoms with E-state index in [1.807, 2.05) is 6.07 Å². The molecule has 146 valence electrons. The first-order valence-corrected chi connectivity index (χ1v) is 9.79. The lowest BCUT2D eigenvalue weighted by molar-refractivity contribution is 0.196. The minimum Gasteiger partial charge on any atom is -0.493 e. The molecule has 1 heterocycles. The van der Waals surface area contributed by atoms with Crippen LogP contribution in [-0.2, 0) is 6.42 Å². The van der Waals surface area contributed by atoms with Gasteiger partial charge in [-0.25, -0.2) is 0 Å². The van der Waals surface area contributed by atoms with Gasteiger partial charge in [0.25, 0.3) is 0 Å². The van der Waals surface area contributed by atoms with E-state index in [9.17, 15) is 0 Å². The Bertz CT molecular complexity index is 767. The van der Waals surface area contributed by atoms with Crippen molar-refractivity contribution in [2.24, 2.45) is 0 Å². The monoisotopic (exact) mass is 368 g/mol. The second-order valence-corrected chi connectivity index (χ2v) is 7.56. The number of rotatable bonds is 6. The maximum absolute atomic E-state index is 5.44. The van der Waals surface area contributed by atoms with E-state index in [0.29, 0.717) is 6.04 Å². The third kappa shape index (κ3) is 4.56. The predicted molar refractivity (Wildman–Crippen MR) is 112 cm³/mol. The summed E-state index contributed by atoms with van der Waals surface area (Å²) in [6, 6.07) is 13.5. The largest absolute Gasteiger partial charge is 0.493 e. The minimum atomic E-state index is 0.504. The van der Waals surface area contributed by atoms with Crippen LogP contribution < -0.4 is 14.4 Å². The average Bonchev–Trinajstić information content (AvgIpc) is 2.69. The fourth-order valence-electron chi connectivity index (χ4n) is 3.94. The molecule has 1 saturated heterocycles. The Morgan fingerprint density at radius 1 is 0.889 bits per heavy atom. The summed E-state index contributed by atoms with van der Waals surface area (Å²) in [6.45, 7) is 11.1. The second kappa shape index (κ2) is 8.66. The molecule has 2 aromatic rings. The molecule has 1 aliphatic rings. The van der Waals surface area contributed by atoms with Gasteiger partial charge >= 0.3 is 0 Å². The molecule has 4 heteroatoms. The van der Waals surface area contributed by atoms with E-state index in [0.717, 1.165) is 44.1 Å². The Kier molecular flexibility index (Phi) is 6.27. The lowest BCUT2D eigenvalue weighted by atomic mass is 10.0. The summed E-state index contributed by atoms with van der Waals surface area (Å²) in [5.74, 6) is 1.60. The van der Waals surface area contributed by atoms with Gasteiger partial charge in [0.05, 0.1) is 14.2 Å². The Labute approximate surface area is 163 Å². The summed E-state index contributed by atoms with van der Waals surface area (Å²) in [5, 5.41) is 0. The van der Waals surface area contributed by atoms with Crippen LogP contribution in [0.2, 0.25) is 0 Å². The Balaban J connectivity index is 1.60. The smallest absolute Gasteiger partial charge is 0.160 e. The van der Waals surface area contributed by atoms with Crippen LogP contribution >= 0.6 is 0 Å². The molecule has 0 N–H and O–H groups in total. The van der Waals surface area contributed by atoms with Crippen molar-refractivity contribution < 1.29 is 9.47 Å². The number of methoxy groups -OCH3 is 2. The zero-order valence-corrected chi connectivity index (χ0v) is 17.3. The zero-order chi connectivity index (χ0) is 19.4. The normalized spacial score (nSPS) is 16.3. The van der Waals surface area contributed by atoms with Crippen molar-refractivity contribution in [3.63, 3.8) is 0 Å². The third-order valence-electron chi connectivity index (χ3n) is 5.62. The number of benzene rings is 2. The van der Waals surface area contributed by atoms with Crippen LogP contribution in [0.1, 0.15) is 23.6 Å². The maximum atomic E-state index is 5.44. The molecule has 27 heavy (non-hydrogen) atoms. The predicted octanol–water partition coefficient (Wildman–Crippen LogP) is 4.07. The highest BCUT2D eigenvalue weighted by atomic mass is 16.5. The van der Waals surface area contributed by atoms with Crippen LogP contribution in [0.25, 0.3) is 0 Å². The summed E-state index contributed by atoms with van der Waals surface area (Å²) in [7, 11) is 3.37. The van der Waals surface area contributed by atoms with E-state index in [1.165, 1.54) is 22.4 Å². The van der Waals surface area contributed by atoms with Gasteiger partial charge in [-0.2, -0.15) is 0 Å². The van der Waals surface area contributed by atoms with Gasteiger partial charge in [-0.3, -0.25) is 4.90 Å². The molecule has 0 saturated carbocycles. The van der Waals surface area contributed by atoms with Crippen LogP contribution in [0, 0.1) is 13.8 Å². The first kappa shape index (κ1) is 19.6. The molecule has 0 radical (unpaired) electrons. The molecule has 0 aliphatic carbocycles. The lowest BCUT2D eigenvalue weighted by Gasteiger charge is -2.40. The summed E-state index contributed by atoms with van der Waals surface area (Å²) >= 11 is 0. The van der Waals surface area contributed by atoms with E-state index >= 15 is 0 Å². The molecule has 0 bridgehead atoms. The molecule has 1 atom stereocenters. The molecular formula is C23H32N2O2. The molecule has 3 rings (SSSR count). The second-order valence-electron chi connectivity index (χ2n) is 7.56. The van der Waals surface area contributed by atoms with Gasteiger partial charge < -0.3 is 14.4 Å². The number of hydrogen-bond acceptors (Lipinski definition) is 4. The average molecular weight is 369 g/mol. The van der Waals surface area contributed by atoms with Crippen molar-refractivity contribution in [3.05, 3.63) is 53.1 Å². The first-order valence-electron chi connectivity index (χ1n) is 9.79. The van der Waals surface area contributed by atoms with E-state index in [2.05, 4.69) is 60.9 Å². The van der Waals surface area contributed by atoms with Gasteiger partial charge in [0.1, 0.15) is 0 Å². The summed E-state index contributed by atoms with van der Waals surface area (Å²) in [5.41, 5.74) is 5.38. The first-order chi connectivity index (χ1) is 13.0. The number of piperazine rings is 1. The van der Waals surface area contributed by atoms with E-state index < -0.39 is 0 Å². The summed E-state index contributed by atoms with van der Waals surface area (Å²) in [6.07, 6.45) is 1.02. The molecule has 1 fully saturated rings. The van der Waals surface area contributed by atoms with Gasteiger partial charge in [0.15, 0.2) is 11.5 Å². The zero-order valence-electron chi connectivity index (χ0n) is 17.3. The Morgan fingerprint density at radius 2 is 1.59 bits per heavy atom. The van der Waals surface area contributed by atoms with Crippen molar-refractivity contribution >= 4 is 5.69 Å². The van der Waals surface area contributed by atoms with Crippen molar-refractivity contribution in [2.45, 2.75) is 33.2 Å². The molecule has 1 aliphatic heterocycles. The van der Waals surface area contributed by atoms with Crippen molar-refractivity contribution in [2.75, 3.05) is 45.3 Å². The van der Waals surface area contributed by atoms with E-state index in [-0.39, 0.29) is 0 Å². The highest BCUT2D eigenvalue weighted by Gasteiger charge is 2.22. The van der Waals surface area contributed by atoms with E-state index in [4.69, 9.17) is 9.47 Å². The van der Waals surface area contributed by atoms with Gasteiger partial charge in [-0.05, 0) is 62.1 Å². The maximum Gasteiger partial charge on any atom is 0.160 e. The number of hydrogen-bond donors (Lipinski definition) is 0. The number of nitrogens with zero attached hydrogens (tertiary/aromatic N) is 2. The van der Waals surface area contributed by atoms with Gasteiger partial charge in [0.2, 0.25) is 0 Å². The fraction of sp³-hybridized carbons (Fsp3) is 0.478. The SMILES string of the molecule is COc1ccc(C[C@H](C)N2CCN(c3cc(C)ccc3C)CC2)cc1OC. The van der Waals surface area contributed by atoms with E-state index in [1.54, 1.807) is 14.2 Å². The molecule has 0 unspecified atom stereocenters. The molecule has 0 aromatic heterocycles. The Hall–Kier alpha value is -2.20. The summed E-state index contributed by atoms with van der Waals surface area (Å²) < 4.78 is 10.8. The van der Waals surface area contributed by atoms with Gasteiger partial charge in [0, 0.05) is 37.9 Å². The van der Waals surface area contributed by atoms with Crippen LogP contribution in [-0.4, -0.2) is 51.3 Å². The van der Waals surface area contributed by atoms with Crippen molar-refractivity contribution in [3.8, 4) is 11.5 Å². The number of anilines is 1. The number of ether oxygens (including phenoxy) is 2. The highest BCUT2D eigenvalue weighted by Crippen LogP contribution is 2.29. The van der Waals surface area contributed by atoms with Crippen molar-refractivity contribution in [1.82, 2.24) is 4.90 Å². The minimum absolute atomic E-state index is 0.504.